The lowest BCUT2D eigenvalue weighted by Crippen LogP contribution is -2.50. The summed E-state index contributed by atoms with van der Waals surface area (Å²) < 4.78 is 55.4. The number of carbonyl (C=O) groups excluding carboxylic acids is 1. The van der Waals surface area contributed by atoms with Crippen LogP contribution in [-0.2, 0) is 19.6 Å². The Morgan fingerprint density at radius 3 is 2.38 bits per heavy atom. The van der Waals surface area contributed by atoms with E-state index in [1.165, 1.54) is 32.4 Å². The Hall–Kier alpha value is -3.18. The van der Waals surface area contributed by atoms with E-state index < -0.39 is 16.1 Å². The summed E-state index contributed by atoms with van der Waals surface area (Å²) in [5, 5.41) is 0. The number of methoxy groups -OCH3 is 2. The first-order valence-corrected chi connectivity index (χ1v) is 11.4. The maximum Gasteiger partial charge on any atom is 0.267 e. The Labute approximate surface area is 186 Å². The summed E-state index contributed by atoms with van der Waals surface area (Å²) in [6.45, 7) is 1.98. The summed E-state index contributed by atoms with van der Waals surface area (Å²) in [4.78, 5) is 14.3. The van der Waals surface area contributed by atoms with Crippen molar-refractivity contribution in [3.05, 3.63) is 36.4 Å². The first kappa shape index (κ1) is 22.0. The molecule has 32 heavy (non-hydrogen) atoms. The third kappa shape index (κ3) is 4.68. The van der Waals surface area contributed by atoms with Gasteiger partial charge in [0, 0.05) is 37.4 Å². The second kappa shape index (κ2) is 9.13. The Kier molecular flexibility index (Phi) is 6.28. The van der Waals surface area contributed by atoms with E-state index in [1.807, 2.05) is 0 Å². The van der Waals surface area contributed by atoms with Crippen molar-refractivity contribution in [1.29, 1.82) is 0 Å². The average Bonchev–Trinajstić information content (AvgIpc) is 2.82. The van der Waals surface area contributed by atoms with E-state index in [-0.39, 0.29) is 28.8 Å². The van der Waals surface area contributed by atoms with Crippen LogP contribution in [0.4, 0.5) is 5.69 Å². The SMILES string of the molecule is COc1cc(NS(=O)(=O)c2ccc3c(c2)OCC(C(=O)N2CCOCC2)O3)cc(OC)c1. The van der Waals surface area contributed by atoms with Gasteiger partial charge in [0.05, 0.1) is 38.0 Å². The topological polar surface area (TPSA) is 113 Å². The summed E-state index contributed by atoms with van der Waals surface area (Å²) in [6.07, 6.45) is -0.787. The van der Waals surface area contributed by atoms with Crippen molar-refractivity contribution in [2.24, 2.45) is 0 Å². The average molecular weight is 464 g/mol. The number of fused-ring (bicyclic) bond motifs is 1. The number of ether oxygens (including phenoxy) is 5. The Morgan fingerprint density at radius 2 is 1.72 bits per heavy atom. The fourth-order valence-corrected chi connectivity index (χ4v) is 4.46. The smallest absolute Gasteiger partial charge is 0.267 e. The van der Waals surface area contributed by atoms with Gasteiger partial charge in [-0.1, -0.05) is 0 Å². The molecule has 172 valence electrons. The van der Waals surface area contributed by atoms with Gasteiger partial charge in [-0.2, -0.15) is 0 Å². The molecule has 0 spiro atoms. The van der Waals surface area contributed by atoms with Gasteiger partial charge in [0.25, 0.3) is 15.9 Å². The lowest BCUT2D eigenvalue weighted by molar-refractivity contribution is -0.145. The lowest BCUT2D eigenvalue weighted by Gasteiger charge is -2.32. The van der Waals surface area contributed by atoms with Crippen LogP contribution in [0.2, 0.25) is 0 Å². The molecule has 10 nitrogen and oxygen atoms in total. The van der Waals surface area contributed by atoms with Crippen LogP contribution in [0.1, 0.15) is 0 Å². The molecule has 0 radical (unpaired) electrons. The van der Waals surface area contributed by atoms with Crippen molar-refractivity contribution < 1.29 is 36.9 Å². The van der Waals surface area contributed by atoms with Gasteiger partial charge in [0.1, 0.15) is 18.1 Å². The second-order valence-corrected chi connectivity index (χ2v) is 8.85. The van der Waals surface area contributed by atoms with Crippen molar-refractivity contribution in [1.82, 2.24) is 4.90 Å². The summed E-state index contributed by atoms with van der Waals surface area (Å²) >= 11 is 0. The van der Waals surface area contributed by atoms with E-state index in [0.29, 0.717) is 43.6 Å². The third-order valence-electron chi connectivity index (χ3n) is 5.09. The molecule has 1 fully saturated rings. The molecule has 4 rings (SSSR count). The molecular weight excluding hydrogens is 440 g/mol. The van der Waals surface area contributed by atoms with E-state index in [4.69, 9.17) is 23.7 Å². The minimum Gasteiger partial charge on any atom is -0.497 e. The second-order valence-electron chi connectivity index (χ2n) is 7.17. The zero-order chi connectivity index (χ0) is 22.7. The number of carbonyl (C=O) groups is 1. The molecule has 1 unspecified atom stereocenters. The summed E-state index contributed by atoms with van der Waals surface area (Å²) in [6, 6.07) is 8.96. The lowest BCUT2D eigenvalue weighted by atomic mass is 10.2. The van der Waals surface area contributed by atoms with Crippen molar-refractivity contribution in [3.63, 3.8) is 0 Å². The third-order valence-corrected chi connectivity index (χ3v) is 6.47. The van der Waals surface area contributed by atoms with Crippen molar-refractivity contribution in [2.45, 2.75) is 11.0 Å². The highest BCUT2D eigenvalue weighted by Crippen LogP contribution is 2.35. The number of sulfonamides is 1. The van der Waals surface area contributed by atoms with Crippen LogP contribution < -0.4 is 23.7 Å². The number of nitrogens with zero attached hydrogens (tertiary/aromatic N) is 1. The van der Waals surface area contributed by atoms with Crippen LogP contribution >= 0.6 is 0 Å². The monoisotopic (exact) mass is 464 g/mol. The van der Waals surface area contributed by atoms with E-state index in [0.717, 1.165) is 0 Å². The predicted molar refractivity (Wildman–Crippen MR) is 114 cm³/mol. The van der Waals surface area contributed by atoms with Gasteiger partial charge in [-0.25, -0.2) is 8.42 Å². The standard InChI is InChI=1S/C21H24N2O8S/c1-27-15-9-14(10-16(11-15)28-2)22-32(25,26)17-3-4-18-19(12-17)30-13-20(31-18)21(24)23-5-7-29-8-6-23/h3-4,9-12,20,22H,5-8,13H2,1-2H3. The largest absolute Gasteiger partial charge is 0.497 e. The summed E-state index contributed by atoms with van der Waals surface area (Å²) in [5.41, 5.74) is 0.285. The van der Waals surface area contributed by atoms with Crippen LogP contribution in [0, 0.1) is 0 Å². The summed E-state index contributed by atoms with van der Waals surface area (Å²) in [5.74, 6) is 1.27. The molecule has 1 N–H and O–H groups in total. The Morgan fingerprint density at radius 1 is 1.03 bits per heavy atom. The van der Waals surface area contributed by atoms with Gasteiger partial charge in [-0.3, -0.25) is 9.52 Å². The van der Waals surface area contributed by atoms with Gasteiger partial charge >= 0.3 is 0 Å². The predicted octanol–water partition coefficient (Wildman–Crippen LogP) is 1.50. The maximum atomic E-state index is 12.9. The molecule has 2 aromatic carbocycles. The molecule has 0 bridgehead atoms. The van der Waals surface area contributed by atoms with Gasteiger partial charge < -0.3 is 28.6 Å². The Balaban J connectivity index is 1.50. The number of hydrogen-bond acceptors (Lipinski definition) is 8. The molecule has 11 heteroatoms. The van der Waals surface area contributed by atoms with Gasteiger partial charge in [-0.05, 0) is 12.1 Å². The number of amides is 1. The Bertz CT molecular complexity index is 1080. The number of anilines is 1. The molecule has 1 saturated heterocycles. The maximum absolute atomic E-state index is 12.9. The molecule has 2 aliphatic heterocycles. The number of morpholine rings is 1. The van der Waals surface area contributed by atoms with Crippen LogP contribution in [0.5, 0.6) is 23.0 Å². The molecule has 2 heterocycles. The first-order valence-electron chi connectivity index (χ1n) is 9.95. The zero-order valence-corrected chi connectivity index (χ0v) is 18.5. The van der Waals surface area contributed by atoms with Crippen LogP contribution in [-0.4, -0.2) is 72.5 Å². The zero-order valence-electron chi connectivity index (χ0n) is 17.7. The molecule has 0 saturated carbocycles. The van der Waals surface area contributed by atoms with Gasteiger partial charge in [-0.15, -0.1) is 0 Å². The minimum atomic E-state index is -3.93. The molecular formula is C21H24N2O8S. The van der Waals surface area contributed by atoms with Crippen molar-refractivity contribution in [2.75, 3.05) is 51.9 Å². The number of nitrogens with one attached hydrogen (secondary N) is 1. The number of hydrogen-bond donors (Lipinski definition) is 1. The normalized spacial score (nSPS) is 18.1. The van der Waals surface area contributed by atoms with Crippen LogP contribution in [0.3, 0.4) is 0 Å². The fraction of sp³-hybridized carbons (Fsp3) is 0.381. The molecule has 0 aromatic heterocycles. The van der Waals surface area contributed by atoms with Crippen molar-refractivity contribution >= 4 is 21.6 Å². The first-order chi connectivity index (χ1) is 15.4. The number of benzene rings is 2. The van der Waals surface area contributed by atoms with Gasteiger partial charge in [0.2, 0.25) is 6.10 Å². The van der Waals surface area contributed by atoms with Crippen molar-refractivity contribution in [3.8, 4) is 23.0 Å². The highest BCUT2D eigenvalue weighted by molar-refractivity contribution is 7.92. The molecule has 2 aromatic rings. The van der Waals surface area contributed by atoms with E-state index in [2.05, 4.69) is 4.72 Å². The van der Waals surface area contributed by atoms with Crippen LogP contribution in [0.15, 0.2) is 41.3 Å². The van der Waals surface area contributed by atoms with Gasteiger partial charge in [0.15, 0.2) is 11.5 Å². The molecule has 0 aliphatic carbocycles. The van der Waals surface area contributed by atoms with Crippen LogP contribution in [0.25, 0.3) is 0 Å². The van der Waals surface area contributed by atoms with E-state index in [9.17, 15) is 13.2 Å². The summed E-state index contributed by atoms with van der Waals surface area (Å²) in [7, 11) is -0.975. The molecule has 2 aliphatic rings. The highest BCUT2D eigenvalue weighted by Gasteiger charge is 2.32. The quantitative estimate of drug-likeness (QED) is 0.685. The molecule has 1 atom stereocenters. The molecule has 1 amide bonds. The van der Waals surface area contributed by atoms with E-state index >= 15 is 0 Å². The number of rotatable bonds is 6. The minimum absolute atomic E-state index is 0.00674. The fourth-order valence-electron chi connectivity index (χ4n) is 3.41. The van der Waals surface area contributed by atoms with E-state index in [1.54, 1.807) is 23.1 Å². The highest BCUT2D eigenvalue weighted by atomic mass is 32.2.